The lowest BCUT2D eigenvalue weighted by Crippen LogP contribution is -2.43. The van der Waals surface area contributed by atoms with Crippen molar-refractivity contribution >= 4 is 15.6 Å². The predicted octanol–water partition coefficient (Wildman–Crippen LogP) is 2.37. The summed E-state index contributed by atoms with van der Waals surface area (Å²) in [6.45, 7) is 3.83. The molecule has 0 aromatic rings. The Hall–Kier alpha value is -0.420. The molecule has 5 heteroatoms. The second kappa shape index (κ2) is 6.84. The zero-order valence-electron chi connectivity index (χ0n) is 12.3. The number of rotatable bonds is 7. The summed E-state index contributed by atoms with van der Waals surface area (Å²) >= 11 is 0. The van der Waals surface area contributed by atoms with Gasteiger partial charge in [0.05, 0.1) is 5.75 Å². The molecule has 0 aliphatic heterocycles. The van der Waals surface area contributed by atoms with Crippen molar-refractivity contribution < 1.29 is 17.9 Å². The molecule has 0 N–H and O–H groups in total. The van der Waals surface area contributed by atoms with Gasteiger partial charge in [0.2, 0.25) is 0 Å². The third-order valence-corrected chi connectivity index (χ3v) is 6.07. The molecule has 1 saturated carbocycles. The van der Waals surface area contributed by atoms with Crippen LogP contribution in [0.1, 0.15) is 52.4 Å². The van der Waals surface area contributed by atoms with E-state index in [0.717, 1.165) is 25.7 Å². The van der Waals surface area contributed by atoms with E-state index in [4.69, 9.17) is 4.74 Å². The normalized spacial score (nSPS) is 28.3. The van der Waals surface area contributed by atoms with Crippen LogP contribution in [0.4, 0.5) is 0 Å². The lowest BCUT2D eigenvalue weighted by Gasteiger charge is -2.37. The van der Waals surface area contributed by atoms with Crippen LogP contribution in [0.3, 0.4) is 0 Å². The standard InChI is InChI=1S/C14H26O4S/c1-4-19(16,17)11-5-6-13(15)14(18-3)9-7-12(2)8-10-14/h12H,4-11H2,1-3H3. The molecule has 0 atom stereocenters. The third-order valence-electron chi connectivity index (χ3n) is 4.28. The highest BCUT2D eigenvalue weighted by Crippen LogP contribution is 2.36. The molecule has 0 amide bonds. The zero-order valence-corrected chi connectivity index (χ0v) is 13.1. The van der Waals surface area contributed by atoms with Gasteiger partial charge in [-0.2, -0.15) is 0 Å². The second-order valence-corrected chi connectivity index (χ2v) is 8.12. The number of sulfone groups is 1. The van der Waals surface area contributed by atoms with E-state index in [1.807, 2.05) is 0 Å². The molecule has 1 aliphatic carbocycles. The number of ketones is 1. The first-order chi connectivity index (χ1) is 8.85. The van der Waals surface area contributed by atoms with Crippen LogP contribution in [0.15, 0.2) is 0 Å². The average molecular weight is 290 g/mol. The average Bonchev–Trinajstić information content (AvgIpc) is 2.39. The molecule has 1 rings (SSSR count). The number of Topliss-reactive ketones (excluding diaryl/α,β-unsaturated/α-hetero) is 1. The minimum absolute atomic E-state index is 0.0770. The first-order valence-electron chi connectivity index (χ1n) is 7.14. The lowest BCUT2D eigenvalue weighted by atomic mass is 9.76. The fourth-order valence-electron chi connectivity index (χ4n) is 2.65. The van der Waals surface area contributed by atoms with Crippen molar-refractivity contribution in [1.82, 2.24) is 0 Å². The zero-order chi connectivity index (χ0) is 14.5. The van der Waals surface area contributed by atoms with Crippen molar-refractivity contribution in [2.24, 2.45) is 5.92 Å². The number of hydrogen-bond donors (Lipinski definition) is 0. The Kier molecular flexibility index (Phi) is 5.99. The molecule has 0 radical (unpaired) electrons. The van der Waals surface area contributed by atoms with Gasteiger partial charge in [-0.15, -0.1) is 0 Å². The van der Waals surface area contributed by atoms with E-state index in [9.17, 15) is 13.2 Å². The van der Waals surface area contributed by atoms with Gasteiger partial charge in [-0.25, -0.2) is 8.42 Å². The minimum Gasteiger partial charge on any atom is -0.370 e. The molecule has 0 saturated heterocycles. The molecule has 112 valence electrons. The van der Waals surface area contributed by atoms with Crippen molar-refractivity contribution in [2.45, 2.75) is 58.0 Å². The molecule has 0 aromatic carbocycles. The highest BCUT2D eigenvalue weighted by molar-refractivity contribution is 7.91. The highest BCUT2D eigenvalue weighted by Gasteiger charge is 2.40. The Bertz CT molecular complexity index is 392. The molecule has 0 unspecified atom stereocenters. The maximum absolute atomic E-state index is 12.3. The van der Waals surface area contributed by atoms with Crippen molar-refractivity contribution in [3.05, 3.63) is 0 Å². The van der Waals surface area contributed by atoms with E-state index in [1.54, 1.807) is 14.0 Å². The number of methoxy groups -OCH3 is 1. The third kappa shape index (κ3) is 4.56. The molecule has 4 nitrogen and oxygen atoms in total. The number of hydrogen-bond acceptors (Lipinski definition) is 4. The summed E-state index contributed by atoms with van der Waals surface area (Å²) in [5, 5.41) is 0. The molecular formula is C14H26O4S. The van der Waals surface area contributed by atoms with Crippen LogP contribution in [0.2, 0.25) is 0 Å². The Morgan fingerprint density at radius 3 is 2.37 bits per heavy atom. The van der Waals surface area contributed by atoms with Gasteiger partial charge in [0.15, 0.2) is 5.78 Å². The van der Waals surface area contributed by atoms with Gasteiger partial charge >= 0.3 is 0 Å². The molecule has 1 aliphatic rings. The Morgan fingerprint density at radius 1 is 1.32 bits per heavy atom. The Labute approximate surface area is 116 Å². The van der Waals surface area contributed by atoms with Crippen LogP contribution in [0.5, 0.6) is 0 Å². The maximum Gasteiger partial charge on any atom is 0.164 e. The minimum atomic E-state index is -2.97. The van der Waals surface area contributed by atoms with Crippen LogP contribution < -0.4 is 0 Å². The van der Waals surface area contributed by atoms with Crippen molar-refractivity contribution in [2.75, 3.05) is 18.6 Å². The lowest BCUT2D eigenvalue weighted by molar-refractivity contribution is -0.146. The second-order valence-electron chi connectivity index (χ2n) is 5.64. The van der Waals surface area contributed by atoms with Crippen LogP contribution >= 0.6 is 0 Å². The fraction of sp³-hybridized carbons (Fsp3) is 0.929. The van der Waals surface area contributed by atoms with E-state index < -0.39 is 15.4 Å². The quantitative estimate of drug-likeness (QED) is 0.722. The van der Waals surface area contributed by atoms with Gasteiger partial charge in [-0.3, -0.25) is 4.79 Å². The van der Waals surface area contributed by atoms with Gasteiger partial charge in [0.25, 0.3) is 0 Å². The van der Waals surface area contributed by atoms with Crippen LogP contribution in [-0.2, 0) is 19.4 Å². The van der Waals surface area contributed by atoms with Crippen molar-refractivity contribution in [3.8, 4) is 0 Å². The summed E-state index contributed by atoms with van der Waals surface area (Å²) in [5.41, 5.74) is -0.650. The molecule has 0 bridgehead atoms. The Morgan fingerprint density at radius 2 is 1.89 bits per heavy atom. The summed E-state index contributed by atoms with van der Waals surface area (Å²) < 4.78 is 28.3. The molecule has 1 fully saturated rings. The SMILES string of the molecule is CCS(=O)(=O)CCCC(=O)C1(OC)CCC(C)CC1. The molecule has 0 aromatic heterocycles. The van der Waals surface area contributed by atoms with Crippen LogP contribution in [-0.4, -0.2) is 38.4 Å². The molecule has 0 spiro atoms. The number of carbonyl (C=O) groups is 1. The van der Waals surface area contributed by atoms with Gasteiger partial charge in [-0.1, -0.05) is 13.8 Å². The number of carbonyl (C=O) groups excluding carboxylic acids is 1. The summed E-state index contributed by atoms with van der Waals surface area (Å²) in [5.74, 6) is 0.976. The van der Waals surface area contributed by atoms with Gasteiger partial charge < -0.3 is 4.74 Å². The monoisotopic (exact) mass is 290 g/mol. The van der Waals surface area contributed by atoms with E-state index in [-0.39, 0.29) is 17.3 Å². The number of ether oxygens (including phenoxy) is 1. The first-order valence-corrected chi connectivity index (χ1v) is 8.96. The van der Waals surface area contributed by atoms with Gasteiger partial charge in [-0.05, 0) is 38.0 Å². The molecule has 19 heavy (non-hydrogen) atoms. The molecule has 0 heterocycles. The van der Waals surface area contributed by atoms with Crippen molar-refractivity contribution in [1.29, 1.82) is 0 Å². The van der Waals surface area contributed by atoms with E-state index in [1.165, 1.54) is 0 Å². The smallest absolute Gasteiger partial charge is 0.164 e. The molecular weight excluding hydrogens is 264 g/mol. The predicted molar refractivity (Wildman–Crippen MR) is 75.9 cm³/mol. The van der Waals surface area contributed by atoms with Crippen LogP contribution in [0, 0.1) is 5.92 Å². The fourth-order valence-corrected chi connectivity index (χ4v) is 3.52. The van der Waals surface area contributed by atoms with E-state index >= 15 is 0 Å². The largest absolute Gasteiger partial charge is 0.370 e. The van der Waals surface area contributed by atoms with Gasteiger partial charge in [0.1, 0.15) is 15.4 Å². The summed E-state index contributed by atoms with van der Waals surface area (Å²) in [6.07, 6.45) is 4.27. The summed E-state index contributed by atoms with van der Waals surface area (Å²) in [7, 11) is -1.38. The summed E-state index contributed by atoms with van der Waals surface area (Å²) in [6, 6.07) is 0. The van der Waals surface area contributed by atoms with Crippen LogP contribution in [0.25, 0.3) is 0 Å². The van der Waals surface area contributed by atoms with E-state index in [2.05, 4.69) is 6.92 Å². The Balaban J connectivity index is 2.51. The maximum atomic E-state index is 12.3. The van der Waals surface area contributed by atoms with E-state index in [0.29, 0.717) is 18.8 Å². The van der Waals surface area contributed by atoms with Gasteiger partial charge in [0, 0.05) is 19.3 Å². The highest BCUT2D eigenvalue weighted by atomic mass is 32.2. The first kappa shape index (κ1) is 16.6. The van der Waals surface area contributed by atoms with Crippen molar-refractivity contribution in [3.63, 3.8) is 0 Å². The summed E-state index contributed by atoms with van der Waals surface area (Å²) in [4.78, 5) is 12.3. The topological polar surface area (TPSA) is 60.4 Å².